The van der Waals surface area contributed by atoms with Crippen LogP contribution in [-0.2, 0) is 9.53 Å². The number of aliphatic hydroxyl groups is 1. The molecule has 1 N–H and O–H groups in total. The Hall–Kier alpha value is -1.53. The predicted molar refractivity (Wildman–Crippen MR) is 63.7 cm³/mol. The van der Waals surface area contributed by atoms with E-state index in [1.165, 1.54) is 0 Å². The average Bonchev–Trinajstić information content (AvgIpc) is 2.90. The summed E-state index contributed by atoms with van der Waals surface area (Å²) in [6.07, 6.45) is 6.94. The van der Waals surface area contributed by atoms with Gasteiger partial charge < -0.3 is 14.7 Å². The van der Waals surface area contributed by atoms with Crippen molar-refractivity contribution in [1.82, 2.24) is 14.9 Å². The van der Waals surface area contributed by atoms with Crippen molar-refractivity contribution < 1.29 is 14.6 Å². The zero-order valence-corrected chi connectivity index (χ0v) is 10.4. The Morgan fingerprint density at radius 3 is 2.89 bits per heavy atom. The fraction of sp³-hybridized carbons (Fsp3) is 0.615. The largest absolute Gasteiger partial charge is 0.393 e. The predicted octanol–water partition coefficient (Wildman–Crippen LogP) is 0.390. The number of hydrogen-bond acceptors (Lipinski definition) is 5. The summed E-state index contributed by atoms with van der Waals surface area (Å²) < 4.78 is 5.91. The Balaban J connectivity index is 1.63. The maximum Gasteiger partial charge on any atom is 0.257 e. The van der Waals surface area contributed by atoms with Crippen LogP contribution in [-0.4, -0.2) is 43.8 Å². The summed E-state index contributed by atoms with van der Waals surface area (Å²) >= 11 is 0. The molecule has 2 unspecified atom stereocenters. The first-order valence-corrected chi connectivity index (χ1v) is 6.64. The van der Waals surface area contributed by atoms with Crippen LogP contribution in [0.4, 0.5) is 0 Å². The van der Waals surface area contributed by atoms with E-state index < -0.39 is 11.7 Å². The zero-order valence-electron chi connectivity index (χ0n) is 10.4. The van der Waals surface area contributed by atoms with Gasteiger partial charge in [0.15, 0.2) is 5.60 Å². The topological polar surface area (TPSA) is 75.6 Å². The summed E-state index contributed by atoms with van der Waals surface area (Å²) in [5.74, 6) is 0.0101. The van der Waals surface area contributed by atoms with Gasteiger partial charge in [0.05, 0.1) is 24.0 Å². The molecular weight excluding hydrogens is 246 g/mol. The van der Waals surface area contributed by atoms with E-state index in [1.807, 2.05) is 0 Å². The molecule has 1 amide bonds. The first-order valence-electron chi connectivity index (χ1n) is 6.64. The van der Waals surface area contributed by atoms with Gasteiger partial charge in [0.25, 0.3) is 5.91 Å². The summed E-state index contributed by atoms with van der Waals surface area (Å²) in [7, 11) is 0. The number of rotatable bonds is 1. The minimum atomic E-state index is -0.759. The van der Waals surface area contributed by atoms with Crippen LogP contribution >= 0.6 is 0 Å². The molecule has 0 radical (unpaired) electrons. The molecule has 19 heavy (non-hydrogen) atoms. The summed E-state index contributed by atoms with van der Waals surface area (Å²) in [5, 5.41) is 9.46. The van der Waals surface area contributed by atoms with Crippen molar-refractivity contribution in [1.29, 1.82) is 0 Å². The Bertz CT molecular complexity index is 515. The number of hydrogen-bond donors (Lipinski definition) is 1. The highest BCUT2D eigenvalue weighted by Gasteiger charge is 2.62. The molecule has 1 aliphatic carbocycles. The summed E-state index contributed by atoms with van der Waals surface area (Å²) in [4.78, 5) is 22.7. The standard InChI is InChI=1S/C13H15N3O3/c17-8-5-13(6-8)12(18)16-10(1-2-11(16)19-13)9-7-14-3-4-15-9/h3-4,7-8,10-11,17H,1-2,5-6H2. The molecule has 1 aromatic rings. The molecule has 1 saturated carbocycles. The zero-order chi connectivity index (χ0) is 13.0. The number of ether oxygens (including phenoxy) is 1. The first-order chi connectivity index (χ1) is 9.20. The molecule has 100 valence electrons. The van der Waals surface area contributed by atoms with Gasteiger partial charge in [-0.3, -0.25) is 14.8 Å². The maximum atomic E-state index is 12.6. The van der Waals surface area contributed by atoms with Crippen molar-refractivity contribution in [3.63, 3.8) is 0 Å². The van der Waals surface area contributed by atoms with Crippen molar-refractivity contribution in [2.75, 3.05) is 0 Å². The molecule has 2 atom stereocenters. The maximum absolute atomic E-state index is 12.6. The molecule has 0 aromatic carbocycles. The van der Waals surface area contributed by atoms with E-state index in [4.69, 9.17) is 4.74 Å². The van der Waals surface area contributed by atoms with E-state index in [2.05, 4.69) is 9.97 Å². The molecule has 2 aliphatic heterocycles. The number of nitrogens with zero attached hydrogens (tertiary/aromatic N) is 3. The Labute approximate surface area is 110 Å². The van der Waals surface area contributed by atoms with Crippen molar-refractivity contribution in [2.24, 2.45) is 0 Å². The van der Waals surface area contributed by atoms with Gasteiger partial charge in [0.1, 0.15) is 6.23 Å². The van der Waals surface area contributed by atoms with E-state index in [1.54, 1.807) is 23.5 Å². The lowest BCUT2D eigenvalue weighted by Gasteiger charge is -2.39. The third-order valence-electron chi connectivity index (χ3n) is 4.37. The highest BCUT2D eigenvalue weighted by molar-refractivity contribution is 5.89. The summed E-state index contributed by atoms with van der Waals surface area (Å²) in [6.45, 7) is 0. The van der Waals surface area contributed by atoms with E-state index in [9.17, 15) is 9.90 Å². The van der Waals surface area contributed by atoms with Gasteiger partial charge in [0.2, 0.25) is 0 Å². The lowest BCUT2D eigenvalue weighted by atomic mass is 9.76. The molecule has 3 aliphatic rings. The second-order valence-electron chi connectivity index (χ2n) is 5.56. The molecule has 3 fully saturated rings. The lowest BCUT2D eigenvalue weighted by molar-refractivity contribution is -0.165. The lowest BCUT2D eigenvalue weighted by Crippen LogP contribution is -2.54. The number of aromatic nitrogens is 2. The third-order valence-corrected chi connectivity index (χ3v) is 4.37. The fourth-order valence-corrected chi connectivity index (χ4v) is 3.46. The second-order valence-corrected chi connectivity index (χ2v) is 5.56. The van der Waals surface area contributed by atoms with E-state index in [0.29, 0.717) is 12.8 Å². The first kappa shape index (κ1) is 11.3. The van der Waals surface area contributed by atoms with E-state index in [0.717, 1.165) is 18.5 Å². The van der Waals surface area contributed by atoms with Crippen LogP contribution in [0.5, 0.6) is 0 Å². The van der Waals surface area contributed by atoms with Crippen LogP contribution in [0, 0.1) is 0 Å². The third kappa shape index (κ3) is 1.47. The van der Waals surface area contributed by atoms with Gasteiger partial charge in [-0.15, -0.1) is 0 Å². The van der Waals surface area contributed by atoms with Crippen LogP contribution in [0.2, 0.25) is 0 Å². The summed E-state index contributed by atoms with van der Waals surface area (Å²) in [6, 6.07) is -0.0386. The monoisotopic (exact) mass is 261 g/mol. The number of aliphatic hydroxyl groups excluding tert-OH is 1. The highest BCUT2D eigenvalue weighted by atomic mass is 16.6. The molecule has 6 nitrogen and oxygen atoms in total. The number of carbonyl (C=O) groups is 1. The Kier molecular flexibility index (Phi) is 2.23. The van der Waals surface area contributed by atoms with Gasteiger partial charge in [-0.2, -0.15) is 0 Å². The van der Waals surface area contributed by atoms with Crippen molar-refractivity contribution >= 4 is 5.91 Å². The SMILES string of the molecule is O=C1N2C(CCC2c2cnccn2)OC12CC(O)C2. The van der Waals surface area contributed by atoms with Crippen LogP contribution < -0.4 is 0 Å². The smallest absolute Gasteiger partial charge is 0.257 e. The van der Waals surface area contributed by atoms with Crippen LogP contribution in [0.1, 0.15) is 37.4 Å². The number of carbonyl (C=O) groups excluding carboxylic acids is 1. The van der Waals surface area contributed by atoms with Gasteiger partial charge >= 0.3 is 0 Å². The van der Waals surface area contributed by atoms with Crippen molar-refractivity contribution in [3.05, 3.63) is 24.3 Å². The minimum Gasteiger partial charge on any atom is -0.393 e. The van der Waals surface area contributed by atoms with E-state index in [-0.39, 0.29) is 18.2 Å². The summed E-state index contributed by atoms with van der Waals surface area (Å²) in [5.41, 5.74) is 0.0594. The van der Waals surface area contributed by atoms with Crippen LogP contribution in [0.3, 0.4) is 0 Å². The molecule has 1 aromatic heterocycles. The van der Waals surface area contributed by atoms with Crippen molar-refractivity contribution in [2.45, 2.75) is 49.7 Å². The molecule has 1 spiro atoms. The second kappa shape index (κ2) is 3.74. The van der Waals surface area contributed by atoms with Gasteiger partial charge in [-0.05, 0) is 12.8 Å². The quantitative estimate of drug-likeness (QED) is 0.791. The average molecular weight is 261 g/mol. The van der Waals surface area contributed by atoms with E-state index >= 15 is 0 Å². The normalized spacial score (nSPS) is 40.6. The molecular formula is C13H15N3O3. The number of fused-ring (bicyclic) bond motifs is 1. The van der Waals surface area contributed by atoms with Gasteiger partial charge in [-0.25, -0.2) is 0 Å². The minimum absolute atomic E-state index is 0.0101. The fourth-order valence-electron chi connectivity index (χ4n) is 3.46. The number of amides is 1. The molecule has 0 bridgehead atoms. The molecule has 4 rings (SSSR count). The van der Waals surface area contributed by atoms with Gasteiger partial charge in [-0.1, -0.05) is 0 Å². The molecule has 6 heteroatoms. The Morgan fingerprint density at radius 2 is 2.21 bits per heavy atom. The van der Waals surface area contributed by atoms with Crippen LogP contribution in [0.15, 0.2) is 18.6 Å². The Morgan fingerprint density at radius 1 is 1.37 bits per heavy atom. The van der Waals surface area contributed by atoms with Crippen molar-refractivity contribution in [3.8, 4) is 0 Å². The van der Waals surface area contributed by atoms with Crippen LogP contribution in [0.25, 0.3) is 0 Å². The molecule has 3 heterocycles. The molecule has 2 saturated heterocycles. The highest BCUT2D eigenvalue weighted by Crippen LogP contribution is 2.50. The van der Waals surface area contributed by atoms with Gasteiger partial charge in [0, 0.05) is 25.2 Å².